The van der Waals surface area contributed by atoms with Crippen LogP contribution in [0.4, 0.5) is 5.69 Å². The second-order valence-corrected chi connectivity index (χ2v) is 9.92. The fourth-order valence-electron chi connectivity index (χ4n) is 5.82. The first-order valence-corrected chi connectivity index (χ1v) is 11.9. The van der Waals surface area contributed by atoms with Gasteiger partial charge in [0.15, 0.2) is 0 Å². The number of quaternary nitrogens is 1. The molecule has 6 rings (SSSR count). The van der Waals surface area contributed by atoms with Crippen LogP contribution >= 0.6 is 0 Å². The predicted octanol–water partition coefficient (Wildman–Crippen LogP) is 1.91. The molecule has 3 atom stereocenters. The molecule has 2 N–H and O–H groups in total. The van der Waals surface area contributed by atoms with Gasteiger partial charge >= 0.3 is 11.2 Å². The summed E-state index contributed by atoms with van der Waals surface area (Å²) in [7, 11) is 0. The molecule has 0 radical (unpaired) electrons. The zero-order valence-corrected chi connectivity index (χ0v) is 19.9. The number of rotatable bonds is 3. The van der Waals surface area contributed by atoms with Crippen LogP contribution in [0.3, 0.4) is 0 Å². The SMILES string of the molecule is Cc1coc2cc3oc(=O)c(CC(=O)N4C[C@H]5C[C@@H](C4)c4ccc([NH+]([O-])O)c(=O)n4C5)c(C)c3cc12. The number of furan rings is 1. The summed E-state index contributed by atoms with van der Waals surface area (Å²) >= 11 is 0. The van der Waals surface area contributed by atoms with Gasteiger partial charge in [0.05, 0.1) is 18.2 Å². The Labute approximate surface area is 204 Å². The number of aromatic nitrogens is 1. The van der Waals surface area contributed by atoms with Crippen LogP contribution in [0.1, 0.15) is 34.7 Å². The highest BCUT2D eigenvalue weighted by Gasteiger charge is 2.37. The first-order valence-electron chi connectivity index (χ1n) is 11.9. The van der Waals surface area contributed by atoms with E-state index in [1.165, 1.54) is 6.07 Å². The van der Waals surface area contributed by atoms with Crippen molar-refractivity contribution in [3.05, 3.63) is 78.9 Å². The molecule has 2 aliphatic rings. The van der Waals surface area contributed by atoms with E-state index >= 15 is 0 Å². The third-order valence-corrected chi connectivity index (χ3v) is 7.69. The Bertz CT molecular complexity index is 1660. The van der Waals surface area contributed by atoms with E-state index in [2.05, 4.69) is 0 Å². The number of hydrogen-bond donors (Lipinski definition) is 2. The quantitative estimate of drug-likeness (QED) is 0.330. The number of carbonyl (C=O) groups excluding carboxylic acids is 1. The van der Waals surface area contributed by atoms with Gasteiger partial charge in [-0.1, -0.05) is 0 Å². The Balaban J connectivity index is 1.30. The number of aryl methyl sites for hydroxylation is 2. The van der Waals surface area contributed by atoms with Crippen LogP contribution in [0.5, 0.6) is 0 Å². The molecule has 1 saturated heterocycles. The second-order valence-electron chi connectivity index (χ2n) is 9.92. The molecule has 0 spiro atoms. The van der Waals surface area contributed by atoms with Crippen LogP contribution in [0, 0.1) is 25.0 Å². The largest absolute Gasteiger partial charge is 0.595 e. The fraction of sp³-hybridized carbons (Fsp3) is 0.346. The molecule has 5 heterocycles. The molecule has 1 aromatic carbocycles. The summed E-state index contributed by atoms with van der Waals surface area (Å²) in [4.78, 5) is 40.6. The Morgan fingerprint density at radius 3 is 2.72 bits per heavy atom. The molecular weight excluding hydrogens is 466 g/mol. The molecule has 2 bridgehead atoms. The molecule has 0 saturated carbocycles. The van der Waals surface area contributed by atoms with Gasteiger partial charge in [-0.25, -0.2) is 10.0 Å². The molecule has 1 unspecified atom stereocenters. The third kappa shape index (κ3) is 3.48. The molecule has 3 aromatic heterocycles. The van der Waals surface area contributed by atoms with E-state index in [-0.39, 0.29) is 29.9 Å². The summed E-state index contributed by atoms with van der Waals surface area (Å²) in [6, 6.07) is 6.67. The number of hydrogen-bond acceptors (Lipinski definition) is 7. The van der Waals surface area contributed by atoms with E-state index in [0.29, 0.717) is 41.9 Å². The summed E-state index contributed by atoms with van der Waals surface area (Å²) in [5.41, 5.74) is 2.57. The maximum atomic E-state index is 13.4. The molecule has 10 nitrogen and oxygen atoms in total. The van der Waals surface area contributed by atoms with Crippen molar-refractivity contribution in [2.45, 2.75) is 39.2 Å². The monoisotopic (exact) mass is 491 g/mol. The summed E-state index contributed by atoms with van der Waals surface area (Å²) in [5, 5.41) is 21.1. The first-order chi connectivity index (χ1) is 17.2. The molecule has 0 aliphatic carbocycles. The van der Waals surface area contributed by atoms with Crippen molar-refractivity contribution in [1.29, 1.82) is 0 Å². The number of piperidine rings is 1. The second kappa shape index (κ2) is 8.16. The normalized spacial score (nSPS) is 20.1. The van der Waals surface area contributed by atoms with Gasteiger partial charge < -0.3 is 23.5 Å². The van der Waals surface area contributed by atoms with Gasteiger partial charge in [0.25, 0.3) is 0 Å². The number of amides is 1. The summed E-state index contributed by atoms with van der Waals surface area (Å²) in [5.74, 6) is -0.199. The highest BCUT2D eigenvalue weighted by molar-refractivity contribution is 5.96. The highest BCUT2D eigenvalue weighted by Crippen LogP contribution is 2.36. The van der Waals surface area contributed by atoms with Crippen molar-refractivity contribution in [2.24, 2.45) is 5.92 Å². The minimum absolute atomic E-state index is 0.0356. The van der Waals surface area contributed by atoms with Gasteiger partial charge in [-0.2, -0.15) is 5.23 Å². The lowest BCUT2D eigenvalue weighted by Crippen LogP contribution is -3.00. The average Bonchev–Trinajstić information content (AvgIpc) is 3.20. The molecule has 4 aromatic rings. The van der Waals surface area contributed by atoms with E-state index < -0.39 is 16.4 Å². The van der Waals surface area contributed by atoms with E-state index in [4.69, 9.17) is 8.83 Å². The molecule has 10 heteroatoms. The Morgan fingerprint density at radius 2 is 1.94 bits per heavy atom. The summed E-state index contributed by atoms with van der Waals surface area (Å²) in [6.07, 6.45) is 2.41. The van der Waals surface area contributed by atoms with Gasteiger partial charge in [0.2, 0.25) is 11.6 Å². The predicted molar refractivity (Wildman–Crippen MR) is 129 cm³/mol. The van der Waals surface area contributed by atoms with Crippen LogP contribution in [-0.4, -0.2) is 33.7 Å². The fourth-order valence-corrected chi connectivity index (χ4v) is 5.82. The van der Waals surface area contributed by atoms with Crippen molar-refractivity contribution in [3.63, 3.8) is 0 Å². The van der Waals surface area contributed by atoms with Crippen molar-refractivity contribution < 1.29 is 24.1 Å². The Hall–Kier alpha value is -3.73. The molecule has 36 heavy (non-hydrogen) atoms. The van der Waals surface area contributed by atoms with Crippen LogP contribution < -0.4 is 16.4 Å². The van der Waals surface area contributed by atoms with Crippen LogP contribution in [0.15, 0.2) is 49.0 Å². The van der Waals surface area contributed by atoms with Crippen molar-refractivity contribution in [3.8, 4) is 0 Å². The average molecular weight is 492 g/mol. The lowest BCUT2D eigenvalue weighted by atomic mass is 9.83. The number of pyridine rings is 1. The zero-order chi connectivity index (χ0) is 25.3. The minimum Gasteiger partial charge on any atom is -0.595 e. The third-order valence-electron chi connectivity index (χ3n) is 7.69. The molecule has 1 amide bonds. The van der Waals surface area contributed by atoms with Crippen LogP contribution in [0.2, 0.25) is 0 Å². The molecule has 2 aliphatic heterocycles. The van der Waals surface area contributed by atoms with E-state index in [1.807, 2.05) is 19.9 Å². The van der Waals surface area contributed by atoms with Crippen molar-refractivity contribution >= 4 is 33.5 Å². The summed E-state index contributed by atoms with van der Waals surface area (Å²) < 4.78 is 12.6. The number of benzene rings is 1. The summed E-state index contributed by atoms with van der Waals surface area (Å²) in [6.45, 7) is 5.00. The highest BCUT2D eigenvalue weighted by atomic mass is 16.8. The minimum atomic E-state index is -1.24. The van der Waals surface area contributed by atoms with Gasteiger partial charge in [-0.15, -0.1) is 0 Å². The standard InChI is InChI=1S/C26H25N3O7/c1-13-12-35-22-8-23-18(6-17(13)22)14(2)19(26(32)36-23)7-24(30)27-9-15-5-16(11-27)20-3-4-21(29(33)34)25(31)28(20)10-15/h3-4,6,8,12,15-16,29,33H,5,7,9-11H2,1-2H3/t15-,16+/m1/s1. The Morgan fingerprint density at radius 1 is 1.14 bits per heavy atom. The lowest BCUT2D eigenvalue weighted by molar-refractivity contribution is -0.992. The maximum Gasteiger partial charge on any atom is 0.340 e. The number of carbonyl (C=O) groups is 1. The van der Waals surface area contributed by atoms with Crippen molar-refractivity contribution in [1.82, 2.24) is 9.47 Å². The Kier molecular flexibility index (Phi) is 5.15. The topological polar surface area (TPSA) is 133 Å². The zero-order valence-electron chi connectivity index (χ0n) is 19.9. The smallest absolute Gasteiger partial charge is 0.340 e. The van der Waals surface area contributed by atoms with Gasteiger partial charge in [0.1, 0.15) is 11.2 Å². The molecular formula is C26H25N3O7. The number of fused-ring (bicyclic) bond motifs is 6. The van der Waals surface area contributed by atoms with Crippen LogP contribution in [0.25, 0.3) is 21.9 Å². The van der Waals surface area contributed by atoms with Gasteiger partial charge in [-0.3, -0.25) is 9.59 Å². The van der Waals surface area contributed by atoms with E-state index in [0.717, 1.165) is 28.5 Å². The van der Waals surface area contributed by atoms with Crippen molar-refractivity contribution in [2.75, 3.05) is 13.1 Å². The van der Waals surface area contributed by atoms with E-state index in [9.17, 15) is 24.8 Å². The molecule has 1 fully saturated rings. The van der Waals surface area contributed by atoms with E-state index in [1.54, 1.807) is 27.9 Å². The number of likely N-dealkylation sites (tertiary alicyclic amines) is 1. The molecule has 186 valence electrons. The van der Waals surface area contributed by atoms with Gasteiger partial charge in [0, 0.05) is 54.2 Å². The first kappa shape index (κ1) is 22.7. The maximum absolute atomic E-state index is 13.4. The van der Waals surface area contributed by atoms with Crippen LogP contribution in [-0.2, 0) is 17.8 Å². The number of nitrogens with one attached hydrogen (secondary N) is 1. The lowest BCUT2D eigenvalue weighted by Gasteiger charge is -2.42. The number of nitrogens with zero attached hydrogens (tertiary/aromatic N) is 2. The van der Waals surface area contributed by atoms with Gasteiger partial charge in [-0.05, 0) is 49.4 Å².